The van der Waals surface area contributed by atoms with E-state index < -0.39 is 15.3 Å². The smallest absolute Gasteiger partial charge is 0.869 e. The molecule has 3 N–H and O–H groups in total. The molecule has 2 aliphatic rings. The predicted molar refractivity (Wildman–Crippen MR) is 144 cm³/mol. The Labute approximate surface area is 278 Å². The second-order valence-electron chi connectivity index (χ2n) is 7.55. The summed E-state index contributed by atoms with van der Waals surface area (Å²) in [6.45, 7) is 0. The minimum Gasteiger partial charge on any atom is -0.869 e. The summed E-state index contributed by atoms with van der Waals surface area (Å²) in [6, 6.07) is 5.56. The zero-order valence-electron chi connectivity index (χ0n) is 23.2. The van der Waals surface area contributed by atoms with Crippen LogP contribution in [0.2, 0.25) is 0 Å². The molecule has 43 heavy (non-hydrogen) atoms. The van der Waals surface area contributed by atoms with Crippen LogP contribution in [0.25, 0.3) is 0 Å². The number of para-hydroxylation sites is 1. The van der Waals surface area contributed by atoms with Crippen LogP contribution in [0.15, 0.2) is 54.0 Å². The number of carbonyl (C=O) groups excluding carboxylic acids is 1. The van der Waals surface area contributed by atoms with Gasteiger partial charge in [-0.2, -0.15) is 0 Å². The third-order valence-electron chi connectivity index (χ3n) is 5.13. The van der Waals surface area contributed by atoms with Gasteiger partial charge in [-0.25, -0.2) is 4.99 Å². The van der Waals surface area contributed by atoms with Crippen molar-refractivity contribution in [3.05, 3.63) is 105 Å². The molecule has 2 aliphatic carbocycles. The zero-order chi connectivity index (χ0) is 32.7. The summed E-state index contributed by atoms with van der Waals surface area (Å²) in [7, 11) is 3.99. The molecule has 235 valence electrons. The molecular weight excluding hydrogens is 710 g/mol. The van der Waals surface area contributed by atoms with Crippen molar-refractivity contribution in [2.45, 2.75) is 37.8 Å². The van der Waals surface area contributed by atoms with Gasteiger partial charge in [0, 0.05) is 30.9 Å². The Balaban J connectivity index is -0.000000902. The van der Waals surface area contributed by atoms with Gasteiger partial charge in [-0.3, -0.25) is 4.79 Å². The third-order valence-corrected chi connectivity index (χ3v) is 5.13. The van der Waals surface area contributed by atoms with Crippen LogP contribution in [-0.4, -0.2) is 65.8 Å². The number of hydrogen-bond acceptors (Lipinski definition) is 15. The van der Waals surface area contributed by atoms with Gasteiger partial charge in [-0.15, -0.1) is 0 Å². The minimum atomic E-state index is -1.75. The number of aliphatic hydroxyl groups is 1. The van der Waals surface area contributed by atoms with E-state index in [1.165, 1.54) is 14.2 Å². The molecule has 0 amide bonds. The molecule has 0 bridgehead atoms. The first kappa shape index (κ1) is 43.4. The van der Waals surface area contributed by atoms with Crippen molar-refractivity contribution in [1.82, 2.24) is 5.32 Å². The van der Waals surface area contributed by atoms with Gasteiger partial charge in [-0.1, -0.05) is 24.3 Å². The Morgan fingerprint density at radius 1 is 0.953 bits per heavy atom. The fraction of sp³-hybridized carbons (Fsp3) is 0.391. The van der Waals surface area contributed by atoms with Gasteiger partial charge < -0.3 is 71.0 Å². The number of hydrogen-bond donors (Lipinski definition) is 3. The molecule has 0 heterocycles. The molecule has 0 unspecified atom stereocenters. The summed E-state index contributed by atoms with van der Waals surface area (Å²) < 4.78 is 10.2. The molecule has 3 rings (SSSR count). The van der Waals surface area contributed by atoms with Gasteiger partial charge in [0.2, 0.25) is 5.78 Å². The molecule has 1 aromatic carbocycles. The topological polar surface area (TPSA) is 303 Å². The van der Waals surface area contributed by atoms with Crippen LogP contribution in [0.1, 0.15) is 31.2 Å². The fourth-order valence-corrected chi connectivity index (χ4v) is 3.54. The number of ketones is 1. The van der Waals surface area contributed by atoms with Crippen molar-refractivity contribution >= 4 is 12.0 Å². The van der Waals surface area contributed by atoms with Gasteiger partial charge in [0.15, 0.2) is 18.0 Å². The SMILES string of the molecule is CO.COC1=CC=C/C(=C/N[C@H]2CCCC[C@@H]2[NH+]=Cc2cccc(OC)c2[O-])C1=O.O=[N+]([O-])[O-].O=[N+]([O-])[O-].O=[N+]([O-])[O-].[Ce+3]. The fourth-order valence-electron chi connectivity index (χ4n) is 3.54. The molecule has 0 saturated heterocycles. The van der Waals surface area contributed by atoms with Gasteiger partial charge >= 0.3 is 41.7 Å². The number of methoxy groups -OCH3 is 2. The summed E-state index contributed by atoms with van der Waals surface area (Å²) >= 11 is 0. The monoisotopic (exact) mass is 740 g/mol. The van der Waals surface area contributed by atoms with E-state index in [0.717, 1.165) is 32.8 Å². The van der Waals surface area contributed by atoms with Crippen LogP contribution in [0.4, 0.5) is 0 Å². The number of allylic oxidation sites excluding steroid dienone is 4. The number of aliphatic hydroxyl groups excluding tert-OH is 1. The Morgan fingerprint density at radius 2 is 1.49 bits per heavy atom. The Morgan fingerprint density at radius 3 is 2.00 bits per heavy atom. The van der Waals surface area contributed by atoms with E-state index in [1.807, 2.05) is 0 Å². The molecule has 0 aromatic heterocycles. The molecule has 19 nitrogen and oxygen atoms in total. The summed E-state index contributed by atoms with van der Waals surface area (Å²) in [5.74, 6) is 0.417. The molecular formula is C23H30CeN5O14. The first-order valence-corrected chi connectivity index (χ1v) is 11.6. The van der Waals surface area contributed by atoms with Crippen molar-refractivity contribution in [1.29, 1.82) is 0 Å². The van der Waals surface area contributed by atoms with E-state index in [1.54, 1.807) is 48.8 Å². The average molecular weight is 741 g/mol. The molecule has 1 saturated carbocycles. The van der Waals surface area contributed by atoms with Gasteiger partial charge in [-0.05, 0) is 37.1 Å². The van der Waals surface area contributed by atoms with E-state index >= 15 is 0 Å². The van der Waals surface area contributed by atoms with E-state index in [9.17, 15) is 9.90 Å². The second kappa shape index (κ2) is 25.6. The van der Waals surface area contributed by atoms with Crippen LogP contribution in [0.5, 0.6) is 11.5 Å². The van der Waals surface area contributed by atoms with Crippen molar-refractivity contribution in [2.24, 2.45) is 0 Å². The van der Waals surface area contributed by atoms with Crippen LogP contribution in [-0.2, 0) is 9.53 Å². The van der Waals surface area contributed by atoms with Gasteiger partial charge in [0.1, 0.15) is 5.75 Å². The van der Waals surface area contributed by atoms with E-state index in [2.05, 4.69) is 10.3 Å². The number of nitrogens with one attached hydrogen (secondary N) is 2. The number of carbonyl (C=O) groups is 1. The van der Waals surface area contributed by atoms with E-state index in [0.29, 0.717) is 22.6 Å². The van der Waals surface area contributed by atoms with Crippen molar-refractivity contribution in [2.75, 3.05) is 21.3 Å². The maximum absolute atomic E-state index is 12.3. The number of benzene rings is 1. The van der Waals surface area contributed by atoms with Gasteiger partial charge in [0.05, 0.1) is 35.5 Å². The van der Waals surface area contributed by atoms with Crippen LogP contribution in [0.3, 0.4) is 0 Å². The maximum atomic E-state index is 12.3. The number of Topliss-reactive ketones (excluding diaryl/α,β-unsaturated/α-hetero) is 1. The molecule has 0 spiro atoms. The molecule has 1 fully saturated rings. The quantitative estimate of drug-likeness (QED) is 0.145. The largest absolute Gasteiger partial charge is 3.00 e. The number of nitrogens with zero attached hydrogens (tertiary/aromatic N) is 3. The molecule has 1 radical (unpaired) electrons. The number of ether oxygens (including phenoxy) is 2. The summed E-state index contributed by atoms with van der Waals surface area (Å²) in [6.07, 6.45) is 13.0. The Hall–Kier alpha value is -4.08. The van der Waals surface area contributed by atoms with Crippen molar-refractivity contribution in [3.8, 4) is 11.5 Å². The minimum absolute atomic E-state index is 0. The second-order valence-corrected chi connectivity index (χ2v) is 7.55. The summed E-state index contributed by atoms with van der Waals surface area (Å²) in [5, 5.41) is 66.9. The normalized spacial score (nSPS) is 17.3. The van der Waals surface area contributed by atoms with Gasteiger partial charge in [0.25, 0.3) is 0 Å². The molecule has 1 aromatic rings. The molecule has 0 aliphatic heterocycles. The Kier molecular flexibility index (Phi) is 25.8. The summed E-state index contributed by atoms with van der Waals surface area (Å²) in [5.41, 5.74) is 1.14. The average Bonchev–Trinajstić information content (AvgIpc) is 2.92. The van der Waals surface area contributed by atoms with E-state index in [4.69, 9.17) is 60.5 Å². The third kappa shape index (κ3) is 20.4. The van der Waals surface area contributed by atoms with Crippen molar-refractivity contribution < 1.29 is 86.5 Å². The van der Waals surface area contributed by atoms with E-state index in [-0.39, 0.29) is 65.4 Å². The Bertz CT molecular complexity index is 1100. The maximum Gasteiger partial charge on any atom is 3.00 e. The van der Waals surface area contributed by atoms with Crippen LogP contribution >= 0.6 is 0 Å². The molecule has 2 atom stereocenters. The predicted octanol–water partition coefficient (Wildman–Crippen LogP) is -0.387. The molecule has 20 heteroatoms. The van der Waals surface area contributed by atoms with Crippen molar-refractivity contribution in [3.63, 3.8) is 0 Å². The first-order valence-electron chi connectivity index (χ1n) is 11.6. The standard InChI is InChI=1S/C22H26N2O4.CH4O.Ce.3NO3/c1-27-19-11-5-7-15(21(19)25)13-23-17-9-3-4-10-18(17)24-14-16-8-6-12-20(28-2)22(16)26;1-2;;3*2-1(3)4/h5-8,11-14,17-18,23,26H,3-4,9-10H2,1-2H3;2H,1H3;;;;/q;;+3;3*-1/b15-13-,24-14?;;;;;/t17-,18-;;;;;/m0...../s1. The first-order chi connectivity index (χ1) is 19.8. The van der Waals surface area contributed by atoms with Crippen LogP contribution < -0.4 is 20.2 Å². The summed E-state index contributed by atoms with van der Waals surface area (Å²) in [4.78, 5) is 40.4. The van der Waals surface area contributed by atoms with Crippen LogP contribution in [0, 0.1) is 87.7 Å². The zero-order valence-corrected chi connectivity index (χ0v) is 26.3. The number of rotatable bonds is 6.